The lowest BCUT2D eigenvalue weighted by atomic mass is 10.1. The summed E-state index contributed by atoms with van der Waals surface area (Å²) in [6.07, 6.45) is 0.0858. The zero-order valence-electron chi connectivity index (χ0n) is 14.4. The molecule has 2 heterocycles. The molecule has 2 aromatic heterocycles. The van der Waals surface area contributed by atoms with Crippen molar-refractivity contribution in [2.75, 3.05) is 0 Å². The highest BCUT2D eigenvalue weighted by molar-refractivity contribution is 6.22. The van der Waals surface area contributed by atoms with Gasteiger partial charge in [-0.15, -0.1) is 5.10 Å². The highest BCUT2D eigenvalue weighted by Gasteiger charge is 2.31. The number of hydrogen-bond acceptors (Lipinski definition) is 4. The number of benzene rings is 1. The molecule has 0 aliphatic rings. The highest BCUT2D eigenvalue weighted by Crippen LogP contribution is 2.32. The fraction of sp³-hybridized carbons (Fsp3) is 0.111. The lowest BCUT2D eigenvalue weighted by Crippen LogP contribution is -2.14. The van der Waals surface area contributed by atoms with Crippen molar-refractivity contribution in [1.82, 2.24) is 19.7 Å². The number of aromatic nitrogens is 4. The third-order valence-electron chi connectivity index (χ3n) is 3.71. The topological polar surface area (TPSA) is 86.7 Å². The Balaban J connectivity index is 2.01. The summed E-state index contributed by atoms with van der Waals surface area (Å²) in [7, 11) is 0. The Morgan fingerprint density at radius 1 is 1.18 bits per heavy atom. The Morgan fingerprint density at radius 3 is 2.57 bits per heavy atom. The van der Waals surface area contributed by atoms with Crippen molar-refractivity contribution in [1.29, 1.82) is 0 Å². The van der Waals surface area contributed by atoms with Crippen molar-refractivity contribution >= 4 is 17.7 Å². The summed E-state index contributed by atoms with van der Waals surface area (Å²) in [5.74, 6) is -1.51. The van der Waals surface area contributed by atoms with Crippen molar-refractivity contribution in [2.24, 2.45) is 5.73 Å². The number of pyridine rings is 1. The van der Waals surface area contributed by atoms with Crippen LogP contribution in [0.3, 0.4) is 0 Å². The average molecular weight is 391 g/mol. The molecule has 1 aromatic carbocycles. The fourth-order valence-electron chi connectivity index (χ4n) is 2.52. The summed E-state index contributed by atoms with van der Waals surface area (Å²) in [6.45, 7) is 1.53. The van der Waals surface area contributed by atoms with Gasteiger partial charge < -0.3 is 5.73 Å². The van der Waals surface area contributed by atoms with E-state index in [-0.39, 0.29) is 22.5 Å². The molecule has 2 N–H and O–H groups in total. The number of nitrogens with zero attached hydrogens (tertiary/aromatic N) is 4. The first kappa shape index (κ1) is 19.2. The Hall–Kier alpha value is -3.56. The zero-order valence-corrected chi connectivity index (χ0v) is 14.4. The van der Waals surface area contributed by atoms with Gasteiger partial charge in [0.25, 0.3) is 5.91 Å². The second-order valence-corrected chi connectivity index (χ2v) is 5.93. The van der Waals surface area contributed by atoms with Crippen molar-refractivity contribution in [2.45, 2.75) is 13.1 Å². The van der Waals surface area contributed by atoms with Crippen LogP contribution in [0.25, 0.3) is 23.2 Å². The molecule has 6 nitrogen and oxygen atoms in total. The molecule has 28 heavy (non-hydrogen) atoms. The Labute approximate surface area is 156 Å². The normalized spacial score (nSPS) is 12.2. The van der Waals surface area contributed by atoms with Crippen LogP contribution < -0.4 is 5.73 Å². The molecule has 0 atom stereocenters. The standard InChI is InChI=1S/C18H13F4N5O/c1-10-2-11(4-13(3-10)18(20,21)22)17-25-9-27(26-17)8-15(16(23)28)12-5-14(19)7-24-6-12/h2-9H,1H3,(H2,23,28). The maximum atomic E-state index is 13.4. The maximum Gasteiger partial charge on any atom is 0.416 e. The number of primary amides is 1. The van der Waals surface area contributed by atoms with E-state index in [9.17, 15) is 22.4 Å². The van der Waals surface area contributed by atoms with Crippen LogP contribution in [0.2, 0.25) is 0 Å². The lowest BCUT2D eigenvalue weighted by molar-refractivity contribution is -0.137. The molecule has 0 fully saturated rings. The van der Waals surface area contributed by atoms with E-state index in [1.54, 1.807) is 0 Å². The molecule has 0 aliphatic heterocycles. The van der Waals surface area contributed by atoms with E-state index in [4.69, 9.17) is 5.73 Å². The predicted octanol–water partition coefficient (Wildman–Crippen LogP) is 3.29. The maximum absolute atomic E-state index is 13.4. The van der Waals surface area contributed by atoms with E-state index < -0.39 is 23.5 Å². The minimum absolute atomic E-state index is 0.0200. The third-order valence-corrected chi connectivity index (χ3v) is 3.71. The van der Waals surface area contributed by atoms with Gasteiger partial charge in [-0.2, -0.15) is 13.2 Å². The van der Waals surface area contributed by atoms with Crippen molar-refractivity contribution < 1.29 is 22.4 Å². The molecule has 1 amide bonds. The minimum Gasteiger partial charge on any atom is -0.366 e. The van der Waals surface area contributed by atoms with E-state index in [1.807, 2.05) is 0 Å². The highest BCUT2D eigenvalue weighted by atomic mass is 19.4. The van der Waals surface area contributed by atoms with Crippen LogP contribution in [0.15, 0.2) is 43.0 Å². The molecule has 0 unspecified atom stereocenters. The number of carbonyl (C=O) groups is 1. The number of aryl methyl sites for hydroxylation is 1. The third kappa shape index (κ3) is 4.22. The molecule has 3 rings (SSSR count). The molecule has 0 saturated heterocycles. The van der Waals surface area contributed by atoms with Gasteiger partial charge in [-0.1, -0.05) is 0 Å². The van der Waals surface area contributed by atoms with Gasteiger partial charge in [-0.25, -0.2) is 14.1 Å². The van der Waals surface area contributed by atoms with Crippen molar-refractivity contribution in [3.05, 3.63) is 65.5 Å². The van der Waals surface area contributed by atoms with Gasteiger partial charge in [0.15, 0.2) is 5.82 Å². The van der Waals surface area contributed by atoms with E-state index in [0.29, 0.717) is 5.56 Å². The van der Waals surface area contributed by atoms with E-state index >= 15 is 0 Å². The van der Waals surface area contributed by atoms with Crippen LogP contribution in [0.5, 0.6) is 0 Å². The molecule has 0 spiro atoms. The number of carbonyl (C=O) groups excluding carboxylic acids is 1. The Bertz CT molecular complexity index is 1070. The zero-order chi connectivity index (χ0) is 20.5. The number of amides is 1. The van der Waals surface area contributed by atoms with Gasteiger partial charge in [-0.3, -0.25) is 9.78 Å². The number of alkyl halides is 3. The average Bonchev–Trinajstić information content (AvgIpc) is 3.07. The van der Waals surface area contributed by atoms with Gasteiger partial charge in [-0.05, 0) is 36.8 Å². The fourth-order valence-corrected chi connectivity index (χ4v) is 2.52. The monoisotopic (exact) mass is 391 g/mol. The predicted molar refractivity (Wildman–Crippen MR) is 92.8 cm³/mol. The summed E-state index contributed by atoms with van der Waals surface area (Å²) in [5.41, 5.74) is 5.09. The number of hydrogen-bond donors (Lipinski definition) is 1. The number of nitrogens with two attached hydrogens (primary N) is 1. The van der Waals surface area contributed by atoms with Crippen LogP contribution in [0, 0.1) is 12.7 Å². The molecule has 10 heteroatoms. The molecule has 3 aromatic rings. The lowest BCUT2D eigenvalue weighted by Gasteiger charge is -2.09. The van der Waals surface area contributed by atoms with Gasteiger partial charge in [0, 0.05) is 23.5 Å². The first-order valence-electron chi connectivity index (χ1n) is 7.86. The first-order chi connectivity index (χ1) is 13.1. The second-order valence-electron chi connectivity index (χ2n) is 5.93. The smallest absolute Gasteiger partial charge is 0.366 e. The number of halogens is 4. The van der Waals surface area contributed by atoms with Crippen LogP contribution >= 0.6 is 0 Å². The van der Waals surface area contributed by atoms with E-state index in [0.717, 1.165) is 29.1 Å². The minimum atomic E-state index is -4.51. The summed E-state index contributed by atoms with van der Waals surface area (Å²) in [5, 5.41) is 4.05. The summed E-state index contributed by atoms with van der Waals surface area (Å²) < 4.78 is 53.5. The largest absolute Gasteiger partial charge is 0.416 e. The molecular formula is C18H13F4N5O. The quantitative estimate of drug-likeness (QED) is 0.546. The van der Waals surface area contributed by atoms with E-state index in [2.05, 4.69) is 15.1 Å². The number of rotatable bonds is 4. The molecular weight excluding hydrogens is 378 g/mol. The summed E-state index contributed by atoms with van der Waals surface area (Å²) >= 11 is 0. The first-order valence-corrected chi connectivity index (χ1v) is 7.86. The van der Waals surface area contributed by atoms with Gasteiger partial charge >= 0.3 is 6.18 Å². The van der Waals surface area contributed by atoms with Crippen LogP contribution in [0.1, 0.15) is 16.7 Å². The van der Waals surface area contributed by atoms with Crippen molar-refractivity contribution in [3.8, 4) is 11.4 Å². The Kier molecular flexibility index (Phi) is 4.95. The van der Waals surface area contributed by atoms with Crippen LogP contribution in [0.4, 0.5) is 17.6 Å². The molecule has 0 saturated carbocycles. The molecule has 144 valence electrons. The summed E-state index contributed by atoms with van der Waals surface area (Å²) in [4.78, 5) is 19.3. The summed E-state index contributed by atoms with van der Waals surface area (Å²) in [6, 6.07) is 4.52. The van der Waals surface area contributed by atoms with Crippen LogP contribution in [-0.2, 0) is 11.0 Å². The van der Waals surface area contributed by atoms with E-state index in [1.165, 1.54) is 31.7 Å². The van der Waals surface area contributed by atoms with Gasteiger partial charge in [0.05, 0.1) is 17.3 Å². The molecule has 0 aliphatic carbocycles. The van der Waals surface area contributed by atoms with Crippen LogP contribution in [-0.4, -0.2) is 25.7 Å². The Morgan fingerprint density at radius 2 is 1.93 bits per heavy atom. The van der Waals surface area contributed by atoms with Gasteiger partial charge in [0.1, 0.15) is 12.1 Å². The van der Waals surface area contributed by atoms with Crippen molar-refractivity contribution in [3.63, 3.8) is 0 Å². The van der Waals surface area contributed by atoms with Gasteiger partial charge in [0.2, 0.25) is 0 Å². The molecule has 0 bridgehead atoms. The SMILES string of the molecule is Cc1cc(-c2ncn(C=C(C(N)=O)c3cncc(F)c3)n2)cc(C(F)(F)F)c1. The second kappa shape index (κ2) is 7.22. The molecule has 0 radical (unpaired) electrons.